The van der Waals surface area contributed by atoms with E-state index in [0.717, 1.165) is 64.9 Å². The van der Waals surface area contributed by atoms with E-state index >= 15 is 0 Å². The summed E-state index contributed by atoms with van der Waals surface area (Å²) in [6.07, 6.45) is 6.58. The smallest absolute Gasteiger partial charge is 0.222 e. The first kappa shape index (κ1) is 15.8. The maximum atomic E-state index is 12.0. The minimum absolute atomic E-state index is 0.0760. The first-order chi connectivity index (χ1) is 10.6. The van der Waals surface area contributed by atoms with Crippen molar-refractivity contribution in [2.75, 3.05) is 32.8 Å². The number of likely N-dealkylation sites (tertiary alicyclic amines) is 2. The van der Waals surface area contributed by atoms with E-state index in [2.05, 4.69) is 6.92 Å². The van der Waals surface area contributed by atoms with Crippen LogP contribution >= 0.6 is 0 Å². The van der Waals surface area contributed by atoms with Crippen LogP contribution in [0.25, 0.3) is 0 Å². The molecule has 3 saturated heterocycles. The quantitative estimate of drug-likeness (QED) is 0.778. The molecule has 0 aromatic carbocycles. The van der Waals surface area contributed by atoms with Crippen molar-refractivity contribution in [1.82, 2.24) is 9.80 Å². The molecule has 1 spiro atoms. The van der Waals surface area contributed by atoms with Crippen molar-refractivity contribution in [2.24, 2.45) is 5.92 Å². The SMILES string of the molecule is CCCCC(=O)N1CC2(CCC(CN3CCCC3=O)CO2)C1. The van der Waals surface area contributed by atoms with E-state index in [9.17, 15) is 9.59 Å². The lowest BCUT2D eigenvalue weighted by atomic mass is 9.82. The Balaban J connectivity index is 1.39. The second-order valence-corrected chi connectivity index (χ2v) is 7.20. The van der Waals surface area contributed by atoms with Crippen molar-refractivity contribution >= 4 is 11.8 Å². The molecule has 3 aliphatic heterocycles. The Morgan fingerprint density at radius 2 is 2.23 bits per heavy atom. The molecule has 3 fully saturated rings. The topological polar surface area (TPSA) is 49.9 Å². The average molecular weight is 308 g/mol. The van der Waals surface area contributed by atoms with Crippen LogP contribution in [0.2, 0.25) is 0 Å². The van der Waals surface area contributed by atoms with Crippen molar-refractivity contribution < 1.29 is 14.3 Å². The van der Waals surface area contributed by atoms with E-state index in [1.807, 2.05) is 9.80 Å². The highest BCUT2D eigenvalue weighted by molar-refractivity contribution is 5.78. The van der Waals surface area contributed by atoms with Crippen molar-refractivity contribution in [3.05, 3.63) is 0 Å². The van der Waals surface area contributed by atoms with E-state index in [0.29, 0.717) is 24.7 Å². The van der Waals surface area contributed by atoms with Gasteiger partial charge >= 0.3 is 0 Å². The van der Waals surface area contributed by atoms with Gasteiger partial charge in [-0.3, -0.25) is 9.59 Å². The summed E-state index contributed by atoms with van der Waals surface area (Å²) >= 11 is 0. The molecule has 22 heavy (non-hydrogen) atoms. The maximum absolute atomic E-state index is 12.0. The summed E-state index contributed by atoms with van der Waals surface area (Å²) in [6, 6.07) is 0. The molecule has 0 saturated carbocycles. The van der Waals surface area contributed by atoms with Crippen LogP contribution in [0.4, 0.5) is 0 Å². The zero-order valence-electron chi connectivity index (χ0n) is 13.7. The van der Waals surface area contributed by atoms with Gasteiger partial charge in [0.25, 0.3) is 0 Å². The number of carbonyl (C=O) groups is 2. The molecular weight excluding hydrogens is 280 g/mol. The summed E-state index contributed by atoms with van der Waals surface area (Å²) in [6.45, 7) is 6.16. The van der Waals surface area contributed by atoms with Gasteiger partial charge in [0.15, 0.2) is 0 Å². The molecule has 5 heteroatoms. The van der Waals surface area contributed by atoms with Gasteiger partial charge in [-0.25, -0.2) is 0 Å². The molecule has 0 radical (unpaired) electrons. The van der Waals surface area contributed by atoms with Crippen LogP contribution in [-0.2, 0) is 14.3 Å². The zero-order chi connectivity index (χ0) is 15.6. The molecule has 0 bridgehead atoms. The summed E-state index contributed by atoms with van der Waals surface area (Å²) < 4.78 is 6.11. The van der Waals surface area contributed by atoms with Gasteiger partial charge in [-0.05, 0) is 25.7 Å². The molecule has 1 atom stereocenters. The number of nitrogens with zero attached hydrogens (tertiary/aromatic N) is 2. The third-order valence-corrected chi connectivity index (χ3v) is 5.34. The standard InChI is InChI=1S/C17H28N2O3/c1-2-3-5-16(21)19-12-17(13-19)8-7-14(11-22-17)10-18-9-4-6-15(18)20/h14H,2-13H2,1H3. The Morgan fingerprint density at radius 3 is 2.82 bits per heavy atom. The van der Waals surface area contributed by atoms with Gasteiger partial charge in [0.1, 0.15) is 5.60 Å². The molecule has 0 N–H and O–H groups in total. The van der Waals surface area contributed by atoms with Crippen LogP contribution in [0.5, 0.6) is 0 Å². The first-order valence-electron chi connectivity index (χ1n) is 8.81. The fraction of sp³-hybridized carbons (Fsp3) is 0.882. The Bertz CT molecular complexity index is 422. The van der Waals surface area contributed by atoms with Crippen LogP contribution in [0.3, 0.4) is 0 Å². The Morgan fingerprint density at radius 1 is 1.41 bits per heavy atom. The third-order valence-electron chi connectivity index (χ3n) is 5.34. The molecular formula is C17H28N2O3. The summed E-state index contributed by atoms with van der Waals surface area (Å²) in [4.78, 5) is 27.6. The van der Waals surface area contributed by atoms with Crippen LogP contribution in [0.1, 0.15) is 51.9 Å². The number of unbranched alkanes of at least 4 members (excludes halogenated alkanes) is 1. The number of rotatable bonds is 5. The van der Waals surface area contributed by atoms with Gasteiger partial charge in [0.05, 0.1) is 19.7 Å². The number of carbonyl (C=O) groups excluding carboxylic acids is 2. The van der Waals surface area contributed by atoms with Gasteiger partial charge < -0.3 is 14.5 Å². The lowest BCUT2D eigenvalue weighted by molar-refractivity contribution is -0.190. The first-order valence-corrected chi connectivity index (χ1v) is 8.81. The number of ether oxygens (including phenoxy) is 1. The molecule has 2 amide bonds. The second-order valence-electron chi connectivity index (χ2n) is 7.20. The minimum atomic E-state index is -0.0760. The maximum Gasteiger partial charge on any atom is 0.222 e. The van der Waals surface area contributed by atoms with Crippen LogP contribution in [0, 0.1) is 5.92 Å². The summed E-state index contributed by atoms with van der Waals surface area (Å²) in [5.74, 6) is 1.05. The van der Waals surface area contributed by atoms with Crippen molar-refractivity contribution in [3.8, 4) is 0 Å². The number of hydrogen-bond donors (Lipinski definition) is 0. The largest absolute Gasteiger partial charge is 0.371 e. The molecule has 3 rings (SSSR count). The van der Waals surface area contributed by atoms with E-state index in [4.69, 9.17) is 4.74 Å². The second kappa shape index (κ2) is 6.57. The third kappa shape index (κ3) is 3.29. The van der Waals surface area contributed by atoms with Gasteiger partial charge in [0.2, 0.25) is 11.8 Å². The normalized spacial score (nSPS) is 27.3. The van der Waals surface area contributed by atoms with Gasteiger partial charge in [0, 0.05) is 31.8 Å². The van der Waals surface area contributed by atoms with Crippen LogP contribution < -0.4 is 0 Å². The number of hydrogen-bond acceptors (Lipinski definition) is 3. The highest BCUT2D eigenvalue weighted by atomic mass is 16.5. The highest BCUT2D eigenvalue weighted by Gasteiger charge is 2.48. The van der Waals surface area contributed by atoms with Gasteiger partial charge in [-0.2, -0.15) is 0 Å². The molecule has 0 aromatic rings. The molecule has 0 aromatic heterocycles. The molecule has 3 heterocycles. The lowest BCUT2D eigenvalue weighted by Gasteiger charge is -2.53. The van der Waals surface area contributed by atoms with Crippen molar-refractivity contribution in [3.63, 3.8) is 0 Å². The van der Waals surface area contributed by atoms with E-state index in [1.165, 1.54) is 0 Å². The van der Waals surface area contributed by atoms with Crippen LogP contribution in [-0.4, -0.2) is 60.0 Å². The van der Waals surface area contributed by atoms with Crippen LogP contribution in [0.15, 0.2) is 0 Å². The average Bonchev–Trinajstić information content (AvgIpc) is 2.88. The minimum Gasteiger partial charge on any atom is -0.371 e. The van der Waals surface area contributed by atoms with Gasteiger partial charge in [-0.1, -0.05) is 13.3 Å². The fourth-order valence-corrected chi connectivity index (χ4v) is 3.83. The Kier molecular flexibility index (Phi) is 4.71. The molecule has 1 unspecified atom stereocenters. The van der Waals surface area contributed by atoms with Crippen molar-refractivity contribution in [1.29, 1.82) is 0 Å². The summed E-state index contributed by atoms with van der Waals surface area (Å²) in [7, 11) is 0. The lowest BCUT2D eigenvalue weighted by Crippen LogP contribution is -2.66. The fourth-order valence-electron chi connectivity index (χ4n) is 3.83. The van der Waals surface area contributed by atoms with Gasteiger partial charge in [-0.15, -0.1) is 0 Å². The Labute approximate surface area is 133 Å². The zero-order valence-corrected chi connectivity index (χ0v) is 13.7. The van der Waals surface area contributed by atoms with E-state index in [-0.39, 0.29) is 11.5 Å². The molecule has 0 aliphatic carbocycles. The van der Waals surface area contributed by atoms with Crippen molar-refractivity contribution in [2.45, 2.75) is 57.5 Å². The van der Waals surface area contributed by atoms with E-state index in [1.54, 1.807) is 0 Å². The summed E-state index contributed by atoms with van der Waals surface area (Å²) in [5.41, 5.74) is -0.0760. The predicted molar refractivity (Wildman–Crippen MR) is 83.3 cm³/mol. The molecule has 3 aliphatic rings. The molecule has 5 nitrogen and oxygen atoms in total. The highest BCUT2D eigenvalue weighted by Crippen LogP contribution is 2.36. The number of amides is 2. The molecule has 124 valence electrons. The summed E-state index contributed by atoms with van der Waals surface area (Å²) in [5, 5.41) is 0. The monoisotopic (exact) mass is 308 g/mol. The predicted octanol–water partition coefficient (Wildman–Crippen LogP) is 1.81. The van der Waals surface area contributed by atoms with E-state index < -0.39 is 0 Å². The Hall–Kier alpha value is -1.10.